The second-order valence-corrected chi connectivity index (χ2v) is 5.04. The van der Waals surface area contributed by atoms with Crippen LogP contribution in [0, 0.1) is 11.8 Å². The van der Waals surface area contributed by atoms with Gasteiger partial charge in [-0.05, 0) is 12.0 Å². The molecule has 1 aromatic carbocycles. The first-order valence-electron chi connectivity index (χ1n) is 6.58. The minimum Gasteiger partial charge on any atom is -0.393 e. The lowest BCUT2D eigenvalue weighted by Crippen LogP contribution is -2.36. The Morgan fingerprint density at radius 3 is 2.00 bits per heavy atom. The molecule has 0 bridgehead atoms. The predicted molar refractivity (Wildman–Crippen MR) is 72.0 cm³/mol. The summed E-state index contributed by atoms with van der Waals surface area (Å²) in [6.07, 6.45) is -1.37. The molecule has 18 heavy (non-hydrogen) atoms. The highest BCUT2D eigenvalue weighted by Crippen LogP contribution is 2.29. The van der Waals surface area contributed by atoms with Gasteiger partial charge in [-0.1, -0.05) is 51.1 Å². The normalized spacial score (nSPS) is 19.9. The highest BCUT2D eigenvalue weighted by molar-refractivity contribution is 5.18. The maximum atomic E-state index is 10.2. The van der Waals surface area contributed by atoms with Crippen molar-refractivity contribution in [1.29, 1.82) is 0 Å². The number of benzene rings is 1. The summed E-state index contributed by atoms with van der Waals surface area (Å²) in [5, 5.41) is 30.2. The fourth-order valence-electron chi connectivity index (χ4n) is 2.22. The van der Waals surface area contributed by atoms with Crippen molar-refractivity contribution in [2.24, 2.45) is 11.8 Å². The van der Waals surface area contributed by atoms with E-state index in [2.05, 4.69) is 0 Å². The Morgan fingerprint density at radius 1 is 0.944 bits per heavy atom. The first-order chi connectivity index (χ1) is 8.49. The molecule has 3 heteroatoms. The Morgan fingerprint density at radius 2 is 1.50 bits per heavy atom. The van der Waals surface area contributed by atoms with Gasteiger partial charge in [-0.15, -0.1) is 0 Å². The fraction of sp³-hybridized carbons (Fsp3) is 0.600. The topological polar surface area (TPSA) is 60.7 Å². The molecule has 102 valence electrons. The van der Waals surface area contributed by atoms with Crippen LogP contribution in [-0.4, -0.2) is 27.5 Å². The largest absolute Gasteiger partial charge is 0.393 e. The van der Waals surface area contributed by atoms with Crippen molar-refractivity contribution < 1.29 is 15.3 Å². The lowest BCUT2D eigenvalue weighted by molar-refractivity contribution is -0.0453. The molecule has 0 aliphatic carbocycles. The van der Waals surface area contributed by atoms with Crippen LogP contribution in [-0.2, 0) is 0 Å². The molecule has 0 saturated carbocycles. The quantitative estimate of drug-likeness (QED) is 0.727. The Bertz CT molecular complexity index is 339. The van der Waals surface area contributed by atoms with Crippen LogP contribution in [0.25, 0.3) is 0 Å². The molecule has 0 aliphatic heterocycles. The third-order valence-corrected chi connectivity index (χ3v) is 3.74. The van der Waals surface area contributed by atoms with E-state index in [1.165, 1.54) is 0 Å². The van der Waals surface area contributed by atoms with E-state index in [0.29, 0.717) is 6.42 Å². The summed E-state index contributed by atoms with van der Waals surface area (Å²) in [5.74, 6) is -0.563. The van der Waals surface area contributed by atoms with Crippen LogP contribution in [0.5, 0.6) is 0 Å². The van der Waals surface area contributed by atoms with Gasteiger partial charge in [-0.2, -0.15) is 0 Å². The van der Waals surface area contributed by atoms with Crippen molar-refractivity contribution >= 4 is 0 Å². The summed E-state index contributed by atoms with van der Waals surface area (Å²) >= 11 is 0. The monoisotopic (exact) mass is 252 g/mol. The first-order valence-corrected chi connectivity index (χ1v) is 6.58. The standard InChI is InChI=1S/C15H24O3/c1-4-13(16)10(2)14(17)11(3)15(18)12-8-6-5-7-9-12/h5-11,13-18H,4H2,1-3H3/t10-,11-,13+,14+,15?/m1/s1. The van der Waals surface area contributed by atoms with Gasteiger partial charge in [-0.3, -0.25) is 0 Å². The van der Waals surface area contributed by atoms with Crippen LogP contribution in [0.1, 0.15) is 38.9 Å². The van der Waals surface area contributed by atoms with E-state index in [1.54, 1.807) is 6.92 Å². The zero-order valence-corrected chi connectivity index (χ0v) is 11.3. The average molecular weight is 252 g/mol. The molecule has 0 amide bonds. The lowest BCUT2D eigenvalue weighted by atomic mass is 9.83. The van der Waals surface area contributed by atoms with Gasteiger partial charge in [0.25, 0.3) is 0 Å². The molecule has 0 aromatic heterocycles. The fourth-order valence-corrected chi connectivity index (χ4v) is 2.22. The lowest BCUT2D eigenvalue weighted by Gasteiger charge is -2.31. The summed E-state index contributed by atoms with van der Waals surface area (Å²) in [7, 11) is 0. The van der Waals surface area contributed by atoms with Crippen molar-refractivity contribution in [2.75, 3.05) is 0 Å². The Balaban J connectivity index is 2.72. The van der Waals surface area contributed by atoms with E-state index >= 15 is 0 Å². The summed E-state index contributed by atoms with van der Waals surface area (Å²) < 4.78 is 0. The van der Waals surface area contributed by atoms with Crippen LogP contribution in [0.3, 0.4) is 0 Å². The minimum atomic E-state index is -0.727. The highest BCUT2D eigenvalue weighted by Gasteiger charge is 2.30. The van der Waals surface area contributed by atoms with Crippen LogP contribution >= 0.6 is 0 Å². The van der Waals surface area contributed by atoms with Crippen molar-refractivity contribution in [3.8, 4) is 0 Å². The second kappa shape index (κ2) is 6.88. The third kappa shape index (κ3) is 3.55. The van der Waals surface area contributed by atoms with Crippen LogP contribution in [0.15, 0.2) is 30.3 Å². The van der Waals surface area contributed by atoms with E-state index in [-0.39, 0.29) is 11.8 Å². The molecule has 0 aliphatic rings. The van der Waals surface area contributed by atoms with E-state index in [0.717, 1.165) is 5.56 Å². The SMILES string of the molecule is CC[C@H](O)[C@@H](C)[C@H](O)[C@@H](C)C(O)c1ccccc1. The average Bonchev–Trinajstić information content (AvgIpc) is 2.44. The second-order valence-electron chi connectivity index (χ2n) is 5.04. The van der Waals surface area contributed by atoms with E-state index in [1.807, 2.05) is 44.2 Å². The number of hydrogen-bond acceptors (Lipinski definition) is 3. The molecule has 0 heterocycles. The van der Waals surface area contributed by atoms with Crippen LogP contribution < -0.4 is 0 Å². The molecule has 1 aromatic rings. The summed E-state index contributed by atoms with van der Waals surface area (Å²) in [6, 6.07) is 9.30. The minimum absolute atomic E-state index is 0.247. The summed E-state index contributed by atoms with van der Waals surface area (Å²) in [6.45, 7) is 5.50. The number of hydrogen-bond donors (Lipinski definition) is 3. The highest BCUT2D eigenvalue weighted by atomic mass is 16.3. The van der Waals surface area contributed by atoms with Gasteiger partial charge in [0.15, 0.2) is 0 Å². The Labute approximate surface area is 109 Å². The molecule has 5 atom stereocenters. The summed E-state index contributed by atoms with van der Waals surface area (Å²) in [4.78, 5) is 0. The zero-order chi connectivity index (χ0) is 13.7. The number of rotatable bonds is 6. The zero-order valence-electron chi connectivity index (χ0n) is 11.3. The molecule has 1 unspecified atom stereocenters. The van der Waals surface area contributed by atoms with Crippen molar-refractivity contribution in [3.05, 3.63) is 35.9 Å². The van der Waals surface area contributed by atoms with Gasteiger partial charge in [0.05, 0.1) is 18.3 Å². The molecule has 3 N–H and O–H groups in total. The smallest absolute Gasteiger partial charge is 0.0840 e. The van der Waals surface area contributed by atoms with Gasteiger partial charge >= 0.3 is 0 Å². The molecular weight excluding hydrogens is 228 g/mol. The van der Waals surface area contributed by atoms with Crippen molar-refractivity contribution in [3.63, 3.8) is 0 Å². The van der Waals surface area contributed by atoms with Gasteiger partial charge in [0.2, 0.25) is 0 Å². The molecule has 0 fully saturated rings. The van der Waals surface area contributed by atoms with Gasteiger partial charge in [-0.25, -0.2) is 0 Å². The number of aliphatic hydroxyl groups excluding tert-OH is 3. The van der Waals surface area contributed by atoms with E-state index < -0.39 is 18.3 Å². The predicted octanol–water partition coefficient (Wildman–Crippen LogP) is 2.12. The van der Waals surface area contributed by atoms with Crippen LogP contribution in [0.4, 0.5) is 0 Å². The van der Waals surface area contributed by atoms with E-state index in [4.69, 9.17) is 0 Å². The van der Waals surface area contributed by atoms with Gasteiger partial charge in [0.1, 0.15) is 0 Å². The number of aliphatic hydroxyl groups is 3. The van der Waals surface area contributed by atoms with Gasteiger partial charge < -0.3 is 15.3 Å². The maximum absolute atomic E-state index is 10.2. The molecular formula is C15H24O3. The molecule has 3 nitrogen and oxygen atoms in total. The third-order valence-electron chi connectivity index (χ3n) is 3.74. The Hall–Kier alpha value is -0.900. The van der Waals surface area contributed by atoms with Crippen LogP contribution in [0.2, 0.25) is 0 Å². The van der Waals surface area contributed by atoms with Crippen molar-refractivity contribution in [2.45, 2.75) is 45.5 Å². The molecule has 0 spiro atoms. The first kappa shape index (κ1) is 15.2. The molecule has 1 rings (SSSR count). The molecule has 0 saturated heterocycles. The maximum Gasteiger partial charge on any atom is 0.0840 e. The molecule has 0 radical (unpaired) electrons. The van der Waals surface area contributed by atoms with Crippen molar-refractivity contribution in [1.82, 2.24) is 0 Å². The van der Waals surface area contributed by atoms with Gasteiger partial charge in [0, 0.05) is 11.8 Å². The Kier molecular flexibility index (Phi) is 5.79. The summed E-state index contributed by atoms with van der Waals surface area (Å²) in [5.41, 5.74) is 0.794. The van der Waals surface area contributed by atoms with E-state index in [9.17, 15) is 15.3 Å².